The van der Waals surface area contributed by atoms with Gasteiger partial charge < -0.3 is 15.5 Å². The number of halogens is 2. The lowest BCUT2D eigenvalue weighted by Gasteiger charge is -2.33. The van der Waals surface area contributed by atoms with Crippen LogP contribution in [0.25, 0.3) is 0 Å². The summed E-state index contributed by atoms with van der Waals surface area (Å²) in [6.45, 7) is 3.45. The number of hydrogen-bond acceptors (Lipinski definition) is 6. The van der Waals surface area contributed by atoms with Gasteiger partial charge in [0.2, 0.25) is 5.91 Å². The first-order valence-corrected chi connectivity index (χ1v) is 10.8. The van der Waals surface area contributed by atoms with Crippen molar-refractivity contribution >= 4 is 18.0 Å². The topological polar surface area (TPSA) is 72.3 Å². The molecule has 0 aromatic heterocycles. The van der Waals surface area contributed by atoms with E-state index in [2.05, 4.69) is 15.7 Å². The first kappa shape index (κ1) is 20.1. The van der Waals surface area contributed by atoms with E-state index < -0.39 is 23.3 Å². The van der Waals surface area contributed by atoms with Gasteiger partial charge in [-0.05, 0) is 63.4 Å². The molecule has 9 heteroatoms. The normalized spacial score (nSPS) is 31.8. The van der Waals surface area contributed by atoms with Gasteiger partial charge in [-0.25, -0.2) is 18.8 Å². The van der Waals surface area contributed by atoms with Gasteiger partial charge in [-0.15, -0.1) is 0 Å². The number of likely N-dealkylation sites (tertiary alicyclic amines) is 1. The number of amidine groups is 1. The number of amides is 1. The summed E-state index contributed by atoms with van der Waals surface area (Å²) in [6, 6.07) is 2.95. The van der Waals surface area contributed by atoms with Crippen LogP contribution in [-0.4, -0.2) is 58.7 Å². The zero-order valence-electron chi connectivity index (χ0n) is 17.4. The fourth-order valence-electron chi connectivity index (χ4n) is 4.86. The number of hydrogen-bond donors (Lipinski definition) is 2. The number of nitrogens with one attached hydrogen (secondary N) is 2. The molecule has 2 fully saturated rings. The van der Waals surface area contributed by atoms with Crippen molar-refractivity contribution < 1.29 is 13.6 Å². The summed E-state index contributed by atoms with van der Waals surface area (Å²) in [5.41, 5.74) is -0.225. The molecule has 31 heavy (non-hydrogen) atoms. The van der Waals surface area contributed by atoms with Crippen molar-refractivity contribution in [2.45, 2.75) is 56.4 Å². The molecule has 4 aliphatic rings. The molecule has 1 amide bonds. The van der Waals surface area contributed by atoms with E-state index >= 15 is 0 Å². The highest BCUT2D eigenvalue weighted by Gasteiger charge is 2.41. The number of aliphatic imine (C=N–C) groups is 1. The monoisotopic (exact) mass is 428 g/mol. The average Bonchev–Trinajstić information content (AvgIpc) is 3.50. The van der Waals surface area contributed by atoms with Crippen molar-refractivity contribution in [3.05, 3.63) is 47.7 Å². The first-order chi connectivity index (χ1) is 14.9. The Kier molecular flexibility index (Phi) is 5.00. The third-order valence-electron chi connectivity index (χ3n) is 6.63. The smallest absolute Gasteiger partial charge is 0.240 e. The Bertz CT molecular complexity index is 971. The van der Waals surface area contributed by atoms with Crippen molar-refractivity contribution in [2.24, 2.45) is 10.1 Å². The quantitative estimate of drug-likeness (QED) is 0.775. The van der Waals surface area contributed by atoms with Gasteiger partial charge >= 0.3 is 0 Å². The van der Waals surface area contributed by atoms with Gasteiger partial charge in [-0.1, -0.05) is 0 Å². The van der Waals surface area contributed by atoms with E-state index in [9.17, 15) is 13.6 Å². The Morgan fingerprint density at radius 2 is 2.19 bits per heavy atom. The second-order valence-corrected chi connectivity index (χ2v) is 8.74. The SMILES string of the molecule is C[C@]1(C(=O)NC2C=NN3C=CC(N4CCC[C@@H]4c4cc(F)ccc4F)=NC23)CCCN1. The predicted octanol–water partition coefficient (Wildman–Crippen LogP) is 2.28. The highest BCUT2D eigenvalue weighted by molar-refractivity contribution is 5.95. The molecular formula is C22H26F2N6O. The summed E-state index contributed by atoms with van der Waals surface area (Å²) < 4.78 is 28.2. The molecule has 164 valence electrons. The Labute approximate surface area is 179 Å². The Hall–Kier alpha value is -2.81. The molecule has 2 saturated heterocycles. The Morgan fingerprint density at radius 1 is 1.32 bits per heavy atom. The standard InChI is InChI=1S/C22H26F2N6O/c1-22(8-3-9-25-22)21(31)27-17-13-26-30-11-7-19(28-20(17)30)29-10-2-4-18(29)15-12-14(23)5-6-16(15)24/h5-7,11-13,17-18,20,25H,2-4,8-10H2,1H3,(H,27,31)/t17?,18-,20?,22-/m1/s1. The van der Waals surface area contributed by atoms with Crippen LogP contribution in [0.15, 0.2) is 40.6 Å². The largest absolute Gasteiger partial charge is 0.350 e. The van der Waals surface area contributed by atoms with E-state index in [-0.39, 0.29) is 18.0 Å². The maximum absolute atomic E-state index is 14.4. The number of rotatable bonds is 3. The van der Waals surface area contributed by atoms with Crippen LogP contribution in [0.2, 0.25) is 0 Å². The summed E-state index contributed by atoms with van der Waals surface area (Å²) in [5, 5.41) is 12.4. The maximum Gasteiger partial charge on any atom is 0.240 e. The molecule has 4 heterocycles. The third kappa shape index (κ3) is 3.60. The van der Waals surface area contributed by atoms with E-state index in [0.29, 0.717) is 17.9 Å². The van der Waals surface area contributed by atoms with Gasteiger partial charge in [0, 0.05) is 18.3 Å². The van der Waals surface area contributed by atoms with Crippen LogP contribution >= 0.6 is 0 Å². The van der Waals surface area contributed by atoms with Crippen molar-refractivity contribution in [2.75, 3.05) is 13.1 Å². The van der Waals surface area contributed by atoms with Gasteiger partial charge in [-0.2, -0.15) is 5.10 Å². The zero-order chi connectivity index (χ0) is 21.6. The lowest BCUT2D eigenvalue weighted by molar-refractivity contribution is -0.127. The number of nitrogens with zero attached hydrogens (tertiary/aromatic N) is 4. The number of carbonyl (C=O) groups is 1. The second-order valence-electron chi connectivity index (χ2n) is 8.74. The lowest BCUT2D eigenvalue weighted by Crippen LogP contribution is -2.56. The Balaban J connectivity index is 1.36. The van der Waals surface area contributed by atoms with Crippen LogP contribution in [0.5, 0.6) is 0 Å². The maximum atomic E-state index is 14.4. The molecule has 0 aliphatic carbocycles. The van der Waals surface area contributed by atoms with Crippen molar-refractivity contribution in [3.63, 3.8) is 0 Å². The van der Waals surface area contributed by atoms with Crippen LogP contribution in [-0.2, 0) is 4.79 Å². The predicted molar refractivity (Wildman–Crippen MR) is 113 cm³/mol. The molecule has 0 radical (unpaired) electrons. The number of benzene rings is 1. The van der Waals surface area contributed by atoms with E-state index in [1.54, 1.807) is 11.2 Å². The summed E-state index contributed by atoms with van der Waals surface area (Å²) in [6.07, 6.45) is 8.32. The molecule has 2 unspecified atom stereocenters. The van der Waals surface area contributed by atoms with E-state index in [1.165, 1.54) is 12.1 Å². The molecule has 5 rings (SSSR count). The summed E-state index contributed by atoms with van der Waals surface area (Å²) in [5.74, 6) is -0.221. The fraction of sp³-hybridized carbons (Fsp3) is 0.500. The van der Waals surface area contributed by atoms with Gasteiger partial charge in [0.25, 0.3) is 0 Å². The minimum absolute atomic E-state index is 0.0597. The molecule has 0 saturated carbocycles. The van der Waals surface area contributed by atoms with Crippen molar-refractivity contribution in [1.82, 2.24) is 20.5 Å². The van der Waals surface area contributed by atoms with Gasteiger partial charge in [-0.3, -0.25) is 4.79 Å². The Morgan fingerprint density at radius 3 is 3.00 bits per heavy atom. The van der Waals surface area contributed by atoms with Crippen LogP contribution in [0.4, 0.5) is 8.78 Å². The first-order valence-electron chi connectivity index (χ1n) is 10.8. The molecule has 0 spiro atoms. The highest BCUT2D eigenvalue weighted by atomic mass is 19.1. The van der Waals surface area contributed by atoms with Gasteiger partial charge in [0.05, 0.1) is 17.8 Å². The molecule has 4 aliphatic heterocycles. The van der Waals surface area contributed by atoms with Crippen LogP contribution in [0.3, 0.4) is 0 Å². The van der Waals surface area contributed by atoms with Gasteiger partial charge in [0.1, 0.15) is 23.5 Å². The number of fused-ring (bicyclic) bond motifs is 1. The average molecular weight is 428 g/mol. The van der Waals surface area contributed by atoms with E-state index in [0.717, 1.165) is 38.3 Å². The second kappa shape index (κ2) is 7.71. The van der Waals surface area contributed by atoms with E-state index in [4.69, 9.17) is 4.99 Å². The molecule has 4 atom stereocenters. The van der Waals surface area contributed by atoms with E-state index in [1.807, 2.05) is 24.1 Å². The summed E-state index contributed by atoms with van der Waals surface area (Å²) >= 11 is 0. The van der Waals surface area contributed by atoms with Crippen molar-refractivity contribution in [1.29, 1.82) is 0 Å². The minimum atomic E-state index is -0.576. The molecule has 1 aromatic rings. The molecule has 7 nitrogen and oxygen atoms in total. The number of hydrazone groups is 1. The molecule has 1 aromatic carbocycles. The minimum Gasteiger partial charge on any atom is -0.350 e. The molecular weight excluding hydrogens is 402 g/mol. The summed E-state index contributed by atoms with van der Waals surface area (Å²) in [4.78, 5) is 19.7. The van der Waals surface area contributed by atoms with Crippen LogP contribution in [0.1, 0.15) is 44.2 Å². The lowest BCUT2D eigenvalue weighted by atomic mass is 9.98. The number of carbonyl (C=O) groups excluding carboxylic acids is 1. The molecule has 2 N–H and O–H groups in total. The third-order valence-corrected chi connectivity index (χ3v) is 6.63. The van der Waals surface area contributed by atoms with Crippen LogP contribution in [0, 0.1) is 11.6 Å². The zero-order valence-corrected chi connectivity index (χ0v) is 17.4. The highest BCUT2D eigenvalue weighted by Crippen LogP contribution is 2.35. The van der Waals surface area contributed by atoms with Crippen molar-refractivity contribution in [3.8, 4) is 0 Å². The van der Waals surface area contributed by atoms with Crippen LogP contribution < -0.4 is 10.6 Å². The van der Waals surface area contributed by atoms with Gasteiger partial charge in [0.15, 0.2) is 6.17 Å². The summed E-state index contributed by atoms with van der Waals surface area (Å²) in [7, 11) is 0. The molecule has 0 bridgehead atoms. The fourth-order valence-corrected chi connectivity index (χ4v) is 4.86.